The first kappa shape index (κ1) is 23.9. The molecule has 0 spiro atoms. The van der Waals surface area contributed by atoms with Crippen molar-refractivity contribution in [2.75, 3.05) is 13.1 Å². The SMILES string of the molecule is CCCCCCCCC(=O)NCCCNC(=O)CCCCCCCC. The van der Waals surface area contributed by atoms with E-state index in [9.17, 15) is 9.59 Å². The van der Waals surface area contributed by atoms with Crippen molar-refractivity contribution in [3.63, 3.8) is 0 Å². The van der Waals surface area contributed by atoms with Crippen molar-refractivity contribution >= 4 is 11.8 Å². The monoisotopic (exact) mass is 354 g/mol. The zero-order valence-corrected chi connectivity index (χ0v) is 16.8. The van der Waals surface area contributed by atoms with Gasteiger partial charge in [-0.25, -0.2) is 0 Å². The molecule has 0 heterocycles. The molecule has 0 unspecified atom stereocenters. The number of carbonyl (C=O) groups is 2. The van der Waals surface area contributed by atoms with E-state index in [4.69, 9.17) is 0 Å². The summed E-state index contributed by atoms with van der Waals surface area (Å²) in [4.78, 5) is 23.4. The number of carbonyl (C=O) groups excluding carboxylic acids is 2. The summed E-state index contributed by atoms with van der Waals surface area (Å²) in [6, 6.07) is 0. The highest BCUT2D eigenvalue weighted by Gasteiger charge is 2.02. The van der Waals surface area contributed by atoms with Crippen LogP contribution in [0.2, 0.25) is 0 Å². The molecule has 0 saturated heterocycles. The molecular formula is C21H42N2O2. The van der Waals surface area contributed by atoms with Crippen molar-refractivity contribution in [1.29, 1.82) is 0 Å². The Morgan fingerprint density at radius 2 is 0.880 bits per heavy atom. The molecule has 0 aliphatic heterocycles. The Morgan fingerprint density at radius 1 is 0.520 bits per heavy atom. The molecule has 0 aromatic rings. The Labute approximate surface area is 155 Å². The van der Waals surface area contributed by atoms with Gasteiger partial charge in [-0.3, -0.25) is 9.59 Å². The number of nitrogens with one attached hydrogen (secondary N) is 2. The highest BCUT2D eigenvalue weighted by Crippen LogP contribution is 2.07. The van der Waals surface area contributed by atoms with Crippen molar-refractivity contribution in [2.45, 2.75) is 110 Å². The molecular weight excluding hydrogens is 312 g/mol. The first-order chi connectivity index (χ1) is 12.2. The van der Waals surface area contributed by atoms with E-state index in [1.165, 1.54) is 51.4 Å². The maximum absolute atomic E-state index is 11.7. The molecule has 2 amide bonds. The maximum Gasteiger partial charge on any atom is 0.219 e. The number of hydrogen-bond acceptors (Lipinski definition) is 2. The second-order valence-electron chi connectivity index (χ2n) is 7.09. The van der Waals surface area contributed by atoms with Crippen molar-refractivity contribution in [3.8, 4) is 0 Å². The summed E-state index contributed by atoms with van der Waals surface area (Å²) < 4.78 is 0. The third-order valence-corrected chi connectivity index (χ3v) is 4.51. The van der Waals surface area contributed by atoms with Crippen LogP contribution in [-0.4, -0.2) is 24.9 Å². The lowest BCUT2D eigenvalue weighted by molar-refractivity contribution is -0.121. The summed E-state index contributed by atoms with van der Waals surface area (Å²) in [5, 5.41) is 5.88. The molecule has 0 bridgehead atoms. The Morgan fingerprint density at radius 3 is 1.28 bits per heavy atom. The van der Waals surface area contributed by atoms with Gasteiger partial charge in [-0.2, -0.15) is 0 Å². The van der Waals surface area contributed by atoms with Gasteiger partial charge in [0, 0.05) is 25.9 Å². The van der Waals surface area contributed by atoms with E-state index < -0.39 is 0 Å². The van der Waals surface area contributed by atoms with Gasteiger partial charge in [0.05, 0.1) is 0 Å². The molecule has 0 rings (SSSR count). The van der Waals surface area contributed by atoms with Crippen molar-refractivity contribution < 1.29 is 9.59 Å². The molecule has 0 aliphatic carbocycles. The third-order valence-electron chi connectivity index (χ3n) is 4.51. The molecule has 0 saturated carbocycles. The molecule has 4 heteroatoms. The van der Waals surface area contributed by atoms with Crippen LogP contribution in [0.4, 0.5) is 0 Å². The summed E-state index contributed by atoms with van der Waals surface area (Å²) >= 11 is 0. The van der Waals surface area contributed by atoms with Gasteiger partial charge in [-0.15, -0.1) is 0 Å². The molecule has 0 fully saturated rings. The fourth-order valence-electron chi connectivity index (χ4n) is 2.85. The van der Waals surface area contributed by atoms with Crippen LogP contribution in [-0.2, 0) is 9.59 Å². The van der Waals surface area contributed by atoms with E-state index in [0.29, 0.717) is 25.9 Å². The lowest BCUT2D eigenvalue weighted by Gasteiger charge is -2.07. The van der Waals surface area contributed by atoms with Crippen LogP contribution in [0, 0.1) is 0 Å². The minimum atomic E-state index is 0.147. The van der Waals surface area contributed by atoms with E-state index >= 15 is 0 Å². The van der Waals surface area contributed by atoms with Crippen LogP contribution in [0.25, 0.3) is 0 Å². The Balaban J connectivity index is 3.30. The fraction of sp³-hybridized carbons (Fsp3) is 0.905. The van der Waals surface area contributed by atoms with E-state index in [-0.39, 0.29) is 11.8 Å². The normalized spacial score (nSPS) is 10.6. The van der Waals surface area contributed by atoms with Crippen LogP contribution in [0.3, 0.4) is 0 Å². The standard InChI is InChI=1S/C21H42N2O2/c1-3-5-7-9-11-13-16-20(24)22-18-15-19-23-21(25)17-14-12-10-8-6-4-2/h3-19H2,1-2H3,(H,22,24)(H,23,25). The number of unbranched alkanes of at least 4 members (excludes halogenated alkanes) is 10. The lowest BCUT2D eigenvalue weighted by atomic mass is 10.1. The van der Waals surface area contributed by atoms with Gasteiger partial charge >= 0.3 is 0 Å². The van der Waals surface area contributed by atoms with Crippen LogP contribution >= 0.6 is 0 Å². The Bertz CT molecular complexity index is 289. The molecule has 2 N–H and O–H groups in total. The average Bonchev–Trinajstić information content (AvgIpc) is 2.60. The van der Waals surface area contributed by atoms with E-state index in [0.717, 1.165) is 32.1 Å². The highest BCUT2D eigenvalue weighted by molar-refractivity contribution is 5.76. The molecule has 4 nitrogen and oxygen atoms in total. The summed E-state index contributed by atoms with van der Waals surface area (Å²) in [6.45, 7) is 5.74. The molecule has 0 atom stereocenters. The molecule has 0 aromatic carbocycles. The minimum Gasteiger partial charge on any atom is -0.356 e. The van der Waals surface area contributed by atoms with E-state index in [1.807, 2.05) is 0 Å². The second kappa shape index (κ2) is 19.3. The summed E-state index contributed by atoms with van der Waals surface area (Å²) in [6.07, 6.45) is 16.6. The Hall–Kier alpha value is -1.06. The van der Waals surface area contributed by atoms with E-state index in [1.54, 1.807) is 0 Å². The van der Waals surface area contributed by atoms with Crippen molar-refractivity contribution in [2.24, 2.45) is 0 Å². The first-order valence-corrected chi connectivity index (χ1v) is 10.7. The lowest BCUT2D eigenvalue weighted by Crippen LogP contribution is -2.29. The van der Waals surface area contributed by atoms with Gasteiger partial charge in [0.15, 0.2) is 0 Å². The van der Waals surface area contributed by atoms with Crippen LogP contribution in [0.15, 0.2) is 0 Å². The van der Waals surface area contributed by atoms with E-state index in [2.05, 4.69) is 24.5 Å². The summed E-state index contributed by atoms with van der Waals surface area (Å²) in [5.74, 6) is 0.294. The zero-order chi connectivity index (χ0) is 18.6. The van der Waals surface area contributed by atoms with Crippen LogP contribution < -0.4 is 10.6 Å². The van der Waals surface area contributed by atoms with Gasteiger partial charge in [-0.05, 0) is 19.3 Å². The number of amides is 2. The first-order valence-electron chi connectivity index (χ1n) is 10.7. The third kappa shape index (κ3) is 19.1. The molecule has 148 valence electrons. The zero-order valence-electron chi connectivity index (χ0n) is 16.8. The predicted molar refractivity (Wildman–Crippen MR) is 107 cm³/mol. The predicted octanol–water partition coefficient (Wildman–Crippen LogP) is 5.11. The molecule has 25 heavy (non-hydrogen) atoms. The van der Waals surface area contributed by atoms with Gasteiger partial charge in [-0.1, -0.05) is 78.1 Å². The number of rotatable bonds is 18. The van der Waals surface area contributed by atoms with Crippen LogP contribution in [0.5, 0.6) is 0 Å². The smallest absolute Gasteiger partial charge is 0.219 e. The van der Waals surface area contributed by atoms with Gasteiger partial charge in [0.25, 0.3) is 0 Å². The minimum absolute atomic E-state index is 0.147. The Kier molecular flexibility index (Phi) is 18.5. The van der Waals surface area contributed by atoms with Gasteiger partial charge < -0.3 is 10.6 Å². The second-order valence-corrected chi connectivity index (χ2v) is 7.09. The summed E-state index contributed by atoms with van der Waals surface area (Å²) in [7, 11) is 0. The topological polar surface area (TPSA) is 58.2 Å². The fourth-order valence-corrected chi connectivity index (χ4v) is 2.85. The van der Waals surface area contributed by atoms with Crippen molar-refractivity contribution in [1.82, 2.24) is 10.6 Å². The largest absolute Gasteiger partial charge is 0.356 e. The van der Waals surface area contributed by atoms with Gasteiger partial charge in [0.1, 0.15) is 0 Å². The van der Waals surface area contributed by atoms with Crippen LogP contribution in [0.1, 0.15) is 110 Å². The van der Waals surface area contributed by atoms with Crippen molar-refractivity contribution in [3.05, 3.63) is 0 Å². The maximum atomic E-state index is 11.7. The highest BCUT2D eigenvalue weighted by atomic mass is 16.2. The van der Waals surface area contributed by atoms with Gasteiger partial charge in [0.2, 0.25) is 11.8 Å². The number of hydrogen-bond donors (Lipinski definition) is 2. The molecule has 0 aliphatic rings. The average molecular weight is 355 g/mol. The summed E-state index contributed by atoms with van der Waals surface area (Å²) in [5.41, 5.74) is 0. The quantitative estimate of drug-likeness (QED) is 0.336. The molecule has 0 radical (unpaired) electrons. The molecule has 0 aromatic heterocycles.